The van der Waals surface area contributed by atoms with E-state index < -0.39 is 0 Å². The van der Waals surface area contributed by atoms with Crippen molar-refractivity contribution in [3.05, 3.63) is 33.2 Å². The van der Waals surface area contributed by atoms with Crippen LogP contribution < -0.4 is 5.56 Å². The van der Waals surface area contributed by atoms with E-state index in [-0.39, 0.29) is 17.5 Å². The molecule has 1 aliphatic rings. The first-order valence-electron chi connectivity index (χ1n) is 8.44. The Morgan fingerprint density at radius 2 is 2.09 bits per heavy atom. The first kappa shape index (κ1) is 17.7. The summed E-state index contributed by atoms with van der Waals surface area (Å²) in [7, 11) is 3.42. The Morgan fingerprint density at radius 3 is 2.78 bits per heavy atom. The standard InChI is InChI=1S/C18H28N2O3/c1-13-12-14(2)19(3)17(21)16(13)18(22)20-10-6-5-8-15(20)9-7-11-23-4/h12,15H,5-11H2,1-4H3/t15-/m0/s1. The van der Waals surface area contributed by atoms with Gasteiger partial charge in [0.05, 0.1) is 0 Å². The van der Waals surface area contributed by atoms with Gasteiger partial charge in [-0.3, -0.25) is 9.59 Å². The number of carbonyl (C=O) groups excluding carboxylic acids is 1. The van der Waals surface area contributed by atoms with Crippen LogP contribution in [0.3, 0.4) is 0 Å². The van der Waals surface area contributed by atoms with Crippen LogP contribution in [0.15, 0.2) is 10.9 Å². The molecule has 5 nitrogen and oxygen atoms in total. The zero-order valence-electron chi connectivity index (χ0n) is 14.7. The topological polar surface area (TPSA) is 51.5 Å². The number of carbonyl (C=O) groups is 1. The molecule has 0 N–H and O–H groups in total. The third-order valence-electron chi connectivity index (χ3n) is 4.85. The van der Waals surface area contributed by atoms with E-state index >= 15 is 0 Å². The fourth-order valence-corrected chi connectivity index (χ4v) is 3.41. The molecule has 0 bridgehead atoms. The van der Waals surface area contributed by atoms with Crippen molar-refractivity contribution >= 4 is 5.91 Å². The molecule has 0 saturated carbocycles. The van der Waals surface area contributed by atoms with Crippen LogP contribution in [0, 0.1) is 13.8 Å². The predicted molar refractivity (Wildman–Crippen MR) is 90.9 cm³/mol. The summed E-state index contributed by atoms with van der Waals surface area (Å²) in [6.07, 6.45) is 5.05. The van der Waals surface area contributed by atoms with Gasteiger partial charge in [-0.2, -0.15) is 0 Å². The van der Waals surface area contributed by atoms with Crippen LogP contribution in [0.1, 0.15) is 53.7 Å². The number of ether oxygens (including phenoxy) is 1. The van der Waals surface area contributed by atoms with E-state index in [4.69, 9.17) is 4.74 Å². The van der Waals surface area contributed by atoms with Crippen LogP contribution in [-0.2, 0) is 11.8 Å². The molecule has 2 heterocycles. The van der Waals surface area contributed by atoms with Crippen LogP contribution in [0.5, 0.6) is 0 Å². The molecule has 1 aromatic rings. The molecule has 1 saturated heterocycles. The average molecular weight is 320 g/mol. The molecule has 1 amide bonds. The highest BCUT2D eigenvalue weighted by molar-refractivity contribution is 5.95. The summed E-state index contributed by atoms with van der Waals surface area (Å²) in [6.45, 7) is 5.19. The van der Waals surface area contributed by atoms with E-state index in [1.54, 1.807) is 18.7 Å². The molecule has 0 unspecified atom stereocenters. The van der Waals surface area contributed by atoms with E-state index in [1.807, 2.05) is 24.8 Å². The maximum absolute atomic E-state index is 13.0. The lowest BCUT2D eigenvalue weighted by atomic mass is 9.96. The Bertz CT molecular complexity index is 621. The average Bonchev–Trinajstić information content (AvgIpc) is 2.53. The summed E-state index contributed by atoms with van der Waals surface area (Å²) in [6, 6.07) is 2.13. The molecule has 0 spiro atoms. The Balaban J connectivity index is 2.27. The number of piperidine rings is 1. The Hall–Kier alpha value is -1.62. The van der Waals surface area contributed by atoms with Gasteiger partial charge in [-0.25, -0.2) is 0 Å². The van der Waals surface area contributed by atoms with Crippen molar-refractivity contribution < 1.29 is 9.53 Å². The van der Waals surface area contributed by atoms with Crippen molar-refractivity contribution in [1.29, 1.82) is 0 Å². The second-order valence-corrected chi connectivity index (χ2v) is 6.49. The SMILES string of the molecule is COCCC[C@@H]1CCCCN1C(=O)c1c(C)cc(C)n(C)c1=O. The van der Waals surface area contributed by atoms with Crippen LogP contribution in [0.4, 0.5) is 0 Å². The molecule has 0 radical (unpaired) electrons. The van der Waals surface area contributed by atoms with Gasteiger partial charge in [0, 0.05) is 39.0 Å². The number of amides is 1. The third-order valence-corrected chi connectivity index (χ3v) is 4.85. The number of rotatable bonds is 5. The lowest BCUT2D eigenvalue weighted by Crippen LogP contribution is -2.46. The lowest BCUT2D eigenvalue weighted by molar-refractivity contribution is 0.0582. The predicted octanol–water partition coefficient (Wildman–Crippen LogP) is 2.42. The van der Waals surface area contributed by atoms with E-state index in [0.717, 1.165) is 49.9 Å². The van der Waals surface area contributed by atoms with Crippen LogP contribution in [-0.4, -0.2) is 41.7 Å². The summed E-state index contributed by atoms with van der Waals surface area (Å²) in [5, 5.41) is 0. The van der Waals surface area contributed by atoms with Crippen molar-refractivity contribution in [2.45, 2.75) is 52.0 Å². The number of pyridine rings is 1. The van der Waals surface area contributed by atoms with Gasteiger partial charge in [0.1, 0.15) is 5.56 Å². The second kappa shape index (κ2) is 7.77. The minimum Gasteiger partial charge on any atom is -0.385 e. The summed E-state index contributed by atoms with van der Waals surface area (Å²) in [4.78, 5) is 27.5. The Labute approximate surface area is 138 Å². The number of aromatic nitrogens is 1. The molecule has 0 aromatic carbocycles. The molecule has 128 valence electrons. The van der Waals surface area contributed by atoms with Crippen LogP contribution in [0.25, 0.3) is 0 Å². The fraction of sp³-hybridized carbons (Fsp3) is 0.667. The highest BCUT2D eigenvalue weighted by Crippen LogP contribution is 2.23. The molecule has 0 aliphatic carbocycles. The van der Waals surface area contributed by atoms with E-state index in [0.29, 0.717) is 12.2 Å². The van der Waals surface area contributed by atoms with Crippen molar-refractivity contribution in [2.75, 3.05) is 20.3 Å². The lowest BCUT2D eigenvalue weighted by Gasteiger charge is -2.36. The molecule has 1 aliphatic heterocycles. The molecule has 2 rings (SSSR count). The number of hydrogen-bond acceptors (Lipinski definition) is 3. The second-order valence-electron chi connectivity index (χ2n) is 6.49. The quantitative estimate of drug-likeness (QED) is 0.783. The van der Waals surface area contributed by atoms with E-state index in [1.165, 1.54) is 0 Å². The van der Waals surface area contributed by atoms with Crippen LogP contribution in [0.2, 0.25) is 0 Å². The monoisotopic (exact) mass is 320 g/mol. The van der Waals surface area contributed by atoms with Gasteiger partial charge >= 0.3 is 0 Å². The zero-order chi connectivity index (χ0) is 17.0. The molecule has 23 heavy (non-hydrogen) atoms. The maximum atomic E-state index is 13.0. The number of methoxy groups -OCH3 is 1. The van der Waals surface area contributed by atoms with Crippen LogP contribution >= 0.6 is 0 Å². The molecular formula is C18H28N2O3. The normalized spacial score (nSPS) is 18.3. The summed E-state index contributed by atoms with van der Waals surface area (Å²) in [5.74, 6) is -0.106. The molecule has 5 heteroatoms. The summed E-state index contributed by atoms with van der Waals surface area (Å²) < 4.78 is 6.68. The first-order chi connectivity index (χ1) is 11.0. The molecule has 1 atom stereocenters. The number of aryl methyl sites for hydroxylation is 2. The highest BCUT2D eigenvalue weighted by atomic mass is 16.5. The number of hydrogen-bond donors (Lipinski definition) is 0. The van der Waals surface area contributed by atoms with Gasteiger partial charge in [-0.15, -0.1) is 0 Å². The van der Waals surface area contributed by atoms with Crippen molar-refractivity contribution in [3.63, 3.8) is 0 Å². The van der Waals surface area contributed by atoms with Gasteiger partial charge in [0.15, 0.2) is 0 Å². The minimum absolute atomic E-state index is 0.106. The zero-order valence-corrected chi connectivity index (χ0v) is 14.7. The summed E-state index contributed by atoms with van der Waals surface area (Å²) >= 11 is 0. The molecule has 1 aromatic heterocycles. The van der Waals surface area contributed by atoms with Gasteiger partial charge in [-0.05, 0) is 57.6 Å². The molecule has 1 fully saturated rings. The molecular weight excluding hydrogens is 292 g/mol. The Kier molecular flexibility index (Phi) is 5.99. The summed E-state index contributed by atoms with van der Waals surface area (Å²) in [5.41, 5.74) is 1.79. The van der Waals surface area contributed by atoms with Gasteiger partial charge < -0.3 is 14.2 Å². The van der Waals surface area contributed by atoms with Crippen molar-refractivity contribution in [3.8, 4) is 0 Å². The maximum Gasteiger partial charge on any atom is 0.263 e. The van der Waals surface area contributed by atoms with Crippen molar-refractivity contribution in [1.82, 2.24) is 9.47 Å². The third kappa shape index (κ3) is 3.83. The number of likely N-dealkylation sites (tertiary alicyclic amines) is 1. The van der Waals surface area contributed by atoms with Crippen molar-refractivity contribution in [2.24, 2.45) is 7.05 Å². The smallest absolute Gasteiger partial charge is 0.263 e. The highest BCUT2D eigenvalue weighted by Gasteiger charge is 2.29. The van der Waals surface area contributed by atoms with Gasteiger partial charge in [0.25, 0.3) is 11.5 Å². The van der Waals surface area contributed by atoms with Gasteiger partial charge in [-0.1, -0.05) is 0 Å². The Morgan fingerprint density at radius 1 is 1.35 bits per heavy atom. The van der Waals surface area contributed by atoms with Gasteiger partial charge in [0.2, 0.25) is 0 Å². The minimum atomic E-state index is -0.186. The number of nitrogens with zero attached hydrogens (tertiary/aromatic N) is 2. The van der Waals surface area contributed by atoms with E-state index in [9.17, 15) is 9.59 Å². The first-order valence-corrected chi connectivity index (χ1v) is 8.44. The fourth-order valence-electron chi connectivity index (χ4n) is 3.41. The largest absolute Gasteiger partial charge is 0.385 e. The van der Waals surface area contributed by atoms with E-state index in [2.05, 4.69) is 0 Å².